The molecule has 0 radical (unpaired) electrons. The number of likely N-dealkylation sites (tertiary alicyclic amines) is 2. The van der Waals surface area contributed by atoms with Crippen molar-refractivity contribution in [2.24, 2.45) is 0 Å². The number of nitrogens with zero attached hydrogens (tertiary/aromatic N) is 5. The van der Waals surface area contributed by atoms with E-state index in [9.17, 15) is 0 Å². The molecule has 0 unspecified atom stereocenters. The fourth-order valence-electron chi connectivity index (χ4n) is 3.28. The van der Waals surface area contributed by atoms with Crippen molar-refractivity contribution in [1.29, 1.82) is 0 Å². The molecule has 2 fully saturated rings. The molecule has 2 aliphatic rings. The van der Waals surface area contributed by atoms with Gasteiger partial charge in [-0.3, -0.25) is 9.78 Å². The maximum Gasteiger partial charge on any atom is 1.00 e. The van der Waals surface area contributed by atoms with Gasteiger partial charge in [-0.15, -0.1) is 0 Å². The summed E-state index contributed by atoms with van der Waals surface area (Å²) >= 11 is 3.42. The van der Waals surface area contributed by atoms with Gasteiger partial charge in [-0.2, -0.15) is 10.2 Å². The maximum absolute atomic E-state index is 4.27. The molecule has 154 valence electrons. The fraction of sp³-hybridized carbons (Fsp3) is 0.700. The summed E-state index contributed by atoms with van der Waals surface area (Å²) in [5.41, 5.74) is 2.43. The molecule has 28 heavy (non-hydrogen) atoms. The molecule has 2 aliphatic heterocycles. The number of halogens is 1. The number of alkyl halides is 1. The number of rotatable bonds is 5. The Hall–Kier alpha value is -0.180. The maximum atomic E-state index is 4.27. The van der Waals surface area contributed by atoms with Crippen LogP contribution in [-0.4, -0.2) is 74.4 Å². The van der Waals surface area contributed by atoms with E-state index < -0.39 is 0 Å². The largest absolute Gasteiger partial charge is 1.00 e. The van der Waals surface area contributed by atoms with Crippen molar-refractivity contribution >= 4 is 15.9 Å². The van der Waals surface area contributed by atoms with Gasteiger partial charge < -0.3 is 11.2 Å². The van der Waals surface area contributed by atoms with Gasteiger partial charge in [0.1, 0.15) is 0 Å². The van der Waals surface area contributed by atoms with E-state index in [-0.39, 0.29) is 31.0 Å². The smallest absolute Gasteiger partial charge is 1.00 e. The number of nitrogens with one attached hydrogen (secondary N) is 1. The Bertz CT molecular complexity index is 598. The molecule has 8 heteroatoms. The number of H-pyrrole nitrogens is 1. The van der Waals surface area contributed by atoms with Crippen LogP contribution in [0.2, 0.25) is 0 Å². The van der Waals surface area contributed by atoms with Crippen LogP contribution in [0, 0.1) is 13.8 Å². The molecule has 0 atom stereocenters. The average molecular weight is 463 g/mol. The molecular formula is C20H36BrN6Na. The third-order valence-electron chi connectivity index (χ3n) is 4.84. The van der Waals surface area contributed by atoms with E-state index in [0.717, 1.165) is 18.4 Å². The third kappa shape index (κ3) is 11.1. The van der Waals surface area contributed by atoms with Gasteiger partial charge in [0.05, 0.1) is 18.9 Å². The van der Waals surface area contributed by atoms with Crippen LogP contribution in [0.15, 0.2) is 24.8 Å². The zero-order chi connectivity index (χ0) is 19.3. The van der Waals surface area contributed by atoms with E-state index in [1.807, 2.05) is 24.0 Å². The molecule has 0 amide bonds. The minimum absolute atomic E-state index is 0. The average Bonchev–Trinajstić information content (AvgIpc) is 3.44. The van der Waals surface area contributed by atoms with Crippen molar-refractivity contribution < 1.29 is 31.0 Å². The first kappa shape index (κ1) is 25.9. The van der Waals surface area contributed by atoms with Crippen LogP contribution in [0.1, 0.15) is 38.2 Å². The van der Waals surface area contributed by atoms with Crippen LogP contribution in [0.5, 0.6) is 0 Å². The SMILES string of the molecule is BrCCN1CCCC1.Cc1cn[nH]c1.Cc1cnn(CCN2CCCC2)c1.[H-].[Na+]. The number of hydrogen-bond acceptors (Lipinski definition) is 4. The van der Waals surface area contributed by atoms with E-state index in [2.05, 4.69) is 54.1 Å². The minimum atomic E-state index is 0. The predicted octanol–water partition coefficient (Wildman–Crippen LogP) is 0.599. The van der Waals surface area contributed by atoms with Crippen LogP contribution in [0.4, 0.5) is 0 Å². The van der Waals surface area contributed by atoms with Crippen molar-refractivity contribution in [3.05, 3.63) is 35.9 Å². The van der Waals surface area contributed by atoms with Crippen LogP contribution < -0.4 is 29.6 Å². The molecule has 1 N–H and O–H groups in total. The van der Waals surface area contributed by atoms with Crippen LogP contribution in [0.25, 0.3) is 0 Å². The number of aromatic amines is 1. The summed E-state index contributed by atoms with van der Waals surface area (Å²) in [5, 5.41) is 11.8. The quantitative estimate of drug-likeness (QED) is 0.522. The molecule has 0 bridgehead atoms. The fourth-order valence-corrected chi connectivity index (χ4v) is 3.78. The molecule has 4 rings (SSSR count). The molecular weight excluding hydrogens is 427 g/mol. The summed E-state index contributed by atoms with van der Waals surface area (Å²) < 4.78 is 2.04. The van der Waals surface area contributed by atoms with Gasteiger partial charge >= 0.3 is 29.6 Å². The Morgan fingerprint density at radius 3 is 1.93 bits per heavy atom. The monoisotopic (exact) mass is 462 g/mol. The molecule has 2 saturated heterocycles. The summed E-state index contributed by atoms with van der Waals surface area (Å²) in [6.45, 7) is 12.7. The minimum Gasteiger partial charge on any atom is -1.00 e. The Balaban J connectivity index is 0.000000425. The topological polar surface area (TPSA) is 53.0 Å². The molecule has 2 aromatic heterocycles. The summed E-state index contributed by atoms with van der Waals surface area (Å²) in [6, 6.07) is 0. The molecule has 2 aromatic rings. The first-order valence-electron chi connectivity index (χ1n) is 10.1. The van der Waals surface area contributed by atoms with Gasteiger partial charge in [0.15, 0.2) is 0 Å². The van der Waals surface area contributed by atoms with Gasteiger partial charge in [-0.1, -0.05) is 15.9 Å². The van der Waals surface area contributed by atoms with E-state index in [4.69, 9.17) is 0 Å². The van der Waals surface area contributed by atoms with Gasteiger partial charge in [-0.05, 0) is 76.8 Å². The summed E-state index contributed by atoms with van der Waals surface area (Å²) in [5.74, 6) is 0. The van der Waals surface area contributed by atoms with Crippen LogP contribution >= 0.6 is 15.9 Å². The van der Waals surface area contributed by atoms with Crippen molar-refractivity contribution in [3.8, 4) is 0 Å². The number of aromatic nitrogens is 4. The van der Waals surface area contributed by atoms with Crippen LogP contribution in [-0.2, 0) is 6.54 Å². The second-order valence-electron chi connectivity index (χ2n) is 7.34. The number of aryl methyl sites for hydroxylation is 2. The first-order chi connectivity index (χ1) is 13.2. The second-order valence-corrected chi connectivity index (χ2v) is 8.14. The van der Waals surface area contributed by atoms with E-state index in [1.54, 1.807) is 6.20 Å². The van der Waals surface area contributed by atoms with Gasteiger partial charge in [0, 0.05) is 30.8 Å². The Morgan fingerprint density at radius 1 is 0.929 bits per heavy atom. The zero-order valence-electron chi connectivity index (χ0n) is 18.9. The van der Waals surface area contributed by atoms with Gasteiger partial charge in [-0.25, -0.2) is 0 Å². The molecule has 4 heterocycles. The molecule has 6 nitrogen and oxygen atoms in total. The van der Waals surface area contributed by atoms with E-state index in [0.29, 0.717) is 0 Å². The van der Waals surface area contributed by atoms with Crippen LogP contribution in [0.3, 0.4) is 0 Å². The summed E-state index contributed by atoms with van der Waals surface area (Å²) in [4.78, 5) is 5.01. The van der Waals surface area contributed by atoms with Gasteiger partial charge in [0.25, 0.3) is 0 Å². The Labute approximate surface area is 202 Å². The molecule has 0 aromatic carbocycles. The molecule has 0 spiro atoms. The Morgan fingerprint density at radius 2 is 1.54 bits per heavy atom. The van der Waals surface area contributed by atoms with Crippen molar-refractivity contribution in [2.75, 3.05) is 44.6 Å². The van der Waals surface area contributed by atoms with Crippen molar-refractivity contribution in [3.63, 3.8) is 0 Å². The first-order valence-corrected chi connectivity index (χ1v) is 11.2. The number of hydrogen-bond donors (Lipinski definition) is 1. The third-order valence-corrected chi connectivity index (χ3v) is 5.20. The molecule has 0 saturated carbocycles. The van der Waals surface area contributed by atoms with Crippen molar-refractivity contribution in [2.45, 2.75) is 46.1 Å². The Kier molecular flexibility index (Phi) is 14.4. The predicted molar refractivity (Wildman–Crippen MR) is 117 cm³/mol. The zero-order valence-corrected chi connectivity index (χ0v) is 21.5. The second kappa shape index (κ2) is 15.6. The molecule has 0 aliphatic carbocycles. The summed E-state index contributed by atoms with van der Waals surface area (Å²) in [7, 11) is 0. The van der Waals surface area contributed by atoms with Gasteiger partial charge in [0.2, 0.25) is 0 Å². The van der Waals surface area contributed by atoms with E-state index in [1.165, 1.54) is 69.5 Å². The normalized spacial score (nSPS) is 16.7. The standard InChI is InChI=1S/C10H17N3.C6H12BrN.C4H6N2.Na.H/c1-10-8-11-13(9-10)7-6-12-4-2-3-5-12;7-3-6-8-4-1-2-5-8;1-4-2-5-6-3-4;;/h8-9H,2-7H2,1H3;1-6H2;2-3H,1H3,(H,5,6);;/q;;;+1;-1. The van der Waals surface area contributed by atoms with Crippen molar-refractivity contribution in [1.82, 2.24) is 29.8 Å². The summed E-state index contributed by atoms with van der Waals surface area (Å²) in [6.07, 6.45) is 13.2. The van der Waals surface area contributed by atoms with E-state index >= 15 is 0 Å².